The number of pyridine rings is 1. The minimum atomic E-state index is -0.258. The Morgan fingerprint density at radius 2 is 1.79 bits per heavy atom. The van der Waals surface area contributed by atoms with Crippen LogP contribution in [0.25, 0.3) is 10.2 Å². The molecule has 0 fully saturated rings. The zero-order valence-electron chi connectivity index (χ0n) is 15.2. The van der Waals surface area contributed by atoms with Crippen molar-refractivity contribution in [3.63, 3.8) is 0 Å². The number of rotatable bonds is 4. The fourth-order valence-corrected chi connectivity index (χ4v) is 4.87. The maximum Gasteiger partial charge on any atom is 0.261 e. The number of fused-ring (bicyclic) bond motifs is 1. The van der Waals surface area contributed by atoms with Gasteiger partial charge in [0, 0.05) is 22.4 Å². The summed E-state index contributed by atoms with van der Waals surface area (Å²) in [6.45, 7) is 2.27. The van der Waals surface area contributed by atoms with Crippen molar-refractivity contribution in [3.05, 3.63) is 86.6 Å². The van der Waals surface area contributed by atoms with Gasteiger partial charge >= 0.3 is 0 Å². The van der Waals surface area contributed by atoms with Crippen LogP contribution in [0, 0.1) is 6.92 Å². The molecule has 2 aromatic carbocycles. The number of halogens is 3. The molecule has 0 N–H and O–H groups in total. The number of hydrogen-bond donors (Lipinski definition) is 0. The van der Waals surface area contributed by atoms with Crippen LogP contribution in [-0.2, 0) is 6.54 Å². The number of carbonyl (C=O) groups is 1. The van der Waals surface area contributed by atoms with Gasteiger partial charge in [-0.15, -0.1) is 0 Å². The first kappa shape index (κ1) is 20.1. The molecule has 0 aliphatic heterocycles. The molecule has 1 amide bonds. The van der Waals surface area contributed by atoms with E-state index in [1.54, 1.807) is 35.5 Å². The molecule has 0 aliphatic carbocycles. The van der Waals surface area contributed by atoms with E-state index >= 15 is 0 Å². The largest absolute Gasteiger partial charge is 0.279 e. The molecule has 4 rings (SSSR count). The van der Waals surface area contributed by atoms with Crippen molar-refractivity contribution >= 4 is 67.4 Å². The first-order valence-corrected chi connectivity index (χ1v) is 10.6. The van der Waals surface area contributed by atoms with Gasteiger partial charge in [0.05, 0.1) is 27.3 Å². The summed E-state index contributed by atoms with van der Waals surface area (Å²) in [5.41, 5.74) is 3.06. The van der Waals surface area contributed by atoms with E-state index in [2.05, 4.69) is 4.98 Å². The van der Waals surface area contributed by atoms with Gasteiger partial charge in [-0.3, -0.25) is 14.7 Å². The zero-order valence-corrected chi connectivity index (χ0v) is 18.3. The highest BCUT2D eigenvalue weighted by molar-refractivity contribution is 7.22. The molecule has 0 spiro atoms. The lowest BCUT2D eigenvalue weighted by Crippen LogP contribution is -2.30. The van der Waals surface area contributed by atoms with Crippen molar-refractivity contribution in [3.8, 4) is 0 Å². The smallest absolute Gasteiger partial charge is 0.261 e. The van der Waals surface area contributed by atoms with E-state index in [-0.39, 0.29) is 5.91 Å². The van der Waals surface area contributed by atoms with Gasteiger partial charge in [-0.1, -0.05) is 46.1 Å². The van der Waals surface area contributed by atoms with Gasteiger partial charge in [-0.05, 0) is 60.5 Å². The summed E-state index contributed by atoms with van der Waals surface area (Å²) in [7, 11) is 0. The number of anilines is 1. The molecule has 4 nitrogen and oxygen atoms in total. The Morgan fingerprint density at radius 3 is 2.52 bits per heavy atom. The predicted octanol–water partition coefficient (Wildman–Crippen LogP) is 6.81. The molecule has 4 aromatic rings. The third-order valence-corrected chi connectivity index (χ3v) is 6.16. The fourth-order valence-electron chi connectivity index (χ4n) is 2.96. The highest BCUT2D eigenvalue weighted by atomic mass is 35.5. The van der Waals surface area contributed by atoms with E-state index in [0.717, 1.165) is 21.3 Å². The van der Waals surface area contributed by atoms with E-state index in [4.69, 9.17) is 39.8 Å². The standard InChI is InChI=1S/C21H14Cl3N3OS/c1-12-8-15(23)10-18-19(12)26-21(29-18)27(11-13-4-6-25-7-5-13)20(28)16-3-2-14(22)9-17(16)24/h2-10H,11H2,1H3. The SMILES string of the molecule is Cc1cc(Cl)cc2sc(N(Cc3ccncc3)C(=O)c3ccc(Cl)cc3Cl)nc12. The monoisotopic (exact) mass is 461 g/mol. The minimum absolute atomic E-state index is 0.258. The average Bonchev–Trinajstić information content (AvgIpc) is 3.10. The van der Waals surface area contributed by atoms with Crippen LogP contribution >= 0.6 is 46.1 Å². The number of thiazole rings is 1. The number of carbonyl (C=O) groups excluding carboxylic acids is 1. The molecular weight excluding hydrogens is 449 g/mol. The Hall–Kier alpha value is -2.18. The lowest BCUT2D eigenvalue weighted by atomic mass is 10.2. The second-order valence-corrected chi connectivity index (χ2v) is 8.73. The predicted molar refractivity (Wildman–Crippen MR) is 121 cm³/mol. The topological polar surface area (TPSA) is 46.1 Å². The molecule has 8 heteroatoms. The summed E-state index contributed by atoms with van der Waals surface area (Å²) in [5.74, 6) is -0.258. The van der Waals surface area contributed by atoms with Crippen molar-refractivity contribution in [1.29, 1.82) is 0 Å². The van der Waals surface area contributed by atoms with Crippen molar-refractivity contribution in [2.75, 3.05) is 4.90 Å². The van der Waals surface area contributed by atoms with Crippen LogP contribution in [0.15, 0.2) is 54.9 Å². The quantitative estimate of drug-likeness (QED) is 0.335. The Morgan fingerprint density at radius 1 is 1.03 bits per heavy atom. The molecular formula is C21H14Cl3N3OS. The van der Waals surface area contributed by atoms with E-state index < -0.39 is 0 Å². The van der Waals surface area contributed by atoms with Crippen LogP contribution in [-0.4, -0.2) is 15.9 Å². The molecule has 2 aromatic heterocycles. The van der Waals surface area contributed by atoms with Gasteiger partial charge < -0.3 is 0 Å². The molecule has 0 saturated heterocycles. The summed E-state index contributed by atoms with van der Waals surface area (Å²) in [4.78, 5) is 23.8. The highest BCUT2D eigenvalue weighted by Gasteiger charge is 2.24. The number of aromatic nitrogens is 2. The van der Waals surface area contributed by atoms with E-state index in [0.29, 0.717) is 32.3 Å². The molecule has 0 unspecified atom stereocenters. The fraction of sp³-hybridized carbons (Fsp3) is 0.0952. The maximum absolute atomic E-state index is 13.4. The number of aryl methyl sites for hydroxylation is 1. The van der Waals surface area contributed by atoms with Crippen LogP contribution in [0.2, 0.25) is 15.1 Å². The molecule has 146 valence electrons. The van der Waals surface area contributed by atoms with Crippen LogP contribution in [0.1, 0.15) is 21.5 Å². The Bertz CT molecular complexity index is 1210. The molecule has 0 atom stereocenters. The van der Waals surface area contributed by atoms with Gasteiger partial charge in [0.1, 0.15) is 0 Å². The van der Waals surface area contributed by atoms with E-state index in [9.17, 15) is 4.79 Å². The second-order valence-electron chi connectivity index (χ2n) is 6.44. The molecule has 0 saturated carbocycles. The lowest BCUT2D eigenvalue weighted by Gasteiger charge is -2.20. The summed E-state index contributed by atoms with van der Waals surface area (Å²) in [5, 5.41) is 1.97. The van der Waals surface area contributed by atoms with Gasteiger partial charge in [-0.25, -0.2) is 4.98 Å². The van der Waals surface area contributed by atoms with Gasteiger partial charge in [0.25, 0.3) is 5.91 Å². The third kappa shape index (κ3) is 4.23. The lowest BCUT2D eigenvalue weighted by molar-refractivity contribution is 0.0985. The zero-order chi connectivity index (χ0) is 20.5. The van der Waals surface area contributed by atoms with Crippen LogP contribution in [0.4, 0.5) is 5.13 Å². The Kier molecular flexibility index (Phi) is 5.74. The normalized spacial score (nSPS) is 11.0. The van der Waals surface area contributed by atoms with Crippen LogP contribution < -0.4 is 4.90 Å². The van der Waals surface area contributed by atoms with E-state index in [1.807, 2.05) is 31.2 Å². The molecule has 0 radical (unpaired) electrons. The molecule has 0 aliphatic rings. The Balaban J connectivity index is 1.82. The summed E-state index contributed by atoms with van der Waals surface area (Å²) >= 11 is 19.9. The highest BCUT2D eigenvalue weighted by Crippen LogP contribution is 2.35. The number of nitrogens with zero attached hydrogens (tertiary/aromatic N) is 3. The summed E-state index contributed by atoms with van der Waals surface area (Å²) in [6.07, 6.45) is 3.38. The molecule has 29 heavy (non-hydrogen) atoms. The van der Waals surface area contributed by atoms with Crippen LogP contribution in [0.3, 0.4) is 0 Å². The van der Waals surface area contributed by atoms with Gasteiger partial charge in [0.15, 0.2) is 5.13 Å². The molecule has 0 bridgehead atoms. The average molecular weight is 463 g/mol. The van der Waals surface area contributed by atoms with Crippen molar-refractivity contribution in [2.24, 2.45) is 0 Å². The van der Waals surface area contributed by atoms with Crippen molar-refractivity contribution in [1.82, 2.24) is 9.97 Å². The van der Waals surface area contributed by atoms with Crippen molar-refractivity contribution < 1.29 is 4.79 Å². The van der Waals surface area contributed by atoms with Gasteiger partial charge in [0.2, 0.25) is 0 Å². The Labute approximate surface area is 186 Å². The molecule has 2 heterocycles. The van der Waals surface area contributed by atoms with Gasteiger partial charge in [-0.2, -0.15) is 0 Å². The number of hydrogen-bond acceptors (Lipinski definition) is 4. The first-order chi connectivity index (χ1) is 13.9. The summed E-state index contributed by atoms with van der Waals surface area (Å²) < 4.78 is 0.916. The van der Waals surface area contributed by atoms with E-state index in [1.165, 1.54) is 11.3 Å². The van der Waals surface area contributed by atoms with Crippen LogP contribution in [0.5, 0.6) is 0 Å². The third-order valence-electron chi connectivity index (χ3n) is 4.37. The van der Waals surface area contributed by atoms with Crippen molar-refractivity contribution in [2.45, 2.75) is 13.5 Å². The maximum atomic E-state index is 13.4. The minimum Gasteiger partial charge on any atom is -0.279 e. The second kappa shape index (κ2) is 8.28. The first-order valence-electron chi connectivity index (χ1n) is 8.65. The number of amides is 1. The number of benzene rings is 2. The summed E-state index contributed by atoms with van der Waals surface area (Å²) in [6, 6.07) is 12.3.